The SMILES string of the molecule is CC(C)CC[N+]1(C)CCC(C)CCCC1C. The van der Waals surface area contributed by atoms with Gasteiger partial charge in [0.15, 0.2) is 0 Å². The van der Waals surface area contributed by atoms with Gasteiger partial charge in [-0.15, -0.1) is 0 Å². The molecule has 0 saturated carbocycles. The van der Waals surface area contributed by atoms with E-state index in [1.165, 1.54) is 49.7 Å². The van der Waals surface area contributed by atoms with E-state index in [0.29, 0.717) is 0 Å². The van der Waals surface area contributed by atoms with Gasteiger partial charge in [-0.2, -0.15) is 0 Å². The summed E-state index contributed by atoms with van der Waals surface area (Å²) >= 11 is 0. The first-order valence-corrected chi connectivity index (χ1v) is 7.28. The van der Waals surface area contributed by atoms with Gasteiger partial charge in [0.2, 0.25) is 0 Å². The van der Waals surface area contributed by atoms with Crippen molar-refractivity contribution in [3.8, 4) is 0 Å². The summed E-state index contributed by atoms with van der Waals surface area (Å²) in [6.07, 6.45) is 7.14. The number of hydrogen-bond acceptors (Lipinski definition) is 0. The molecule has 0 aromatic rings. The first-order chi connectivity index (χ1) is 7.44. The average molecular weight is 226 g/mol. The number of likely N-dealkylation sites (tertiary alicyclic amines) is 1. The Morgan fingerprint density at radius 1 is 1.12 bits per heavy atom. The fourth-order valence-corrected chi connectivity index (χ4v) is 2.84. The molecule has 0 amide bonds. The highest BCUT2D eigenvalue weighted by molar-refractivity contribution is 4.63. The Hall–Kier alpha value is -0.0400. The Labute approximate surface area is 103 Å². The number of nitrogens with zero attached hydrogens (tertiary/aromatic N) is 1. The summed E-state index contributed by atoms with van der Waals surface area (Å²) in [6.45, 7) is 12.4. The molecule has 1 aliphatic heterocycles. The lowest BCUT2D eigenvalue weighted by atomic mass is 9.93. The minimum absolute atomic E-state index is 0.852. The molecule has 1 rings (SSSR count). The van der Waals surface area contributed by atoms with Crippen molar-refractivity contribution in [1.82, 2.24) is 0 Å². The third kappa shape index (κ3) is 4.08. The van der Waals surface area contributed by atoms with E-state index in [-0.39, 0.29) is 0 Å². The molecule has 0 radical (unpaired) electrons. The number of quaternary nitrogens is 1. The Kier molecular flexibility index (Phi) is 5.30. The van der Waals surface area contributed by atoms with E-state index >= 15 is 0 Å². The van der Waals surface area contributed by atoms with Crippen molar-refractivity contribution in [2.75, 3.05) is 20.1 Å². The first kappa shape index (κ1) is 14.0. The summed E-state index contributed by atoms with van der Waals surface area (Å²) in [4.78, 5) is 0. The van der Waals surface area contributed by atoms with Gasteiger partial charge in [-0.05, 0) is 44.4 Å². The molecule has 1 heterocycles. The van der Waals surface area contributed by atoms with Gasteiger partial charge in [-0.3, -0.25) is 0 Å². The van der Waals surface area contributed by atoms with Crippen molar-refractivity contribution in [2.45, 2.75) is 65.8 Å². The van der Waals surface area contributed by atoms with E-state index in [0.717, 1.165) is 17.9 Å². The average Bonchev–Trinajstić information content (AvgIpc) is 2.22. The van der Waals surface area contributed by atoms with Crippen LogP contribution in [0.25, 0.3) is 0 Å². The highest BCUT2D eigenvalue weighted by Crippen LogP contribution is 2.26. The summed E-state index contributed by atoms with van der Waals surface area (Å²) in [5.41, 5.74) is 0. The highest BCUT2D eigenvalue weighted by atomic mass is 15.3. The predicted molar refractivity (Wildman–Crippen MR) is 72.5 cm³/mol. The zero-order valence-electron chi connectivity index (χ0n) is 12.1. The molecule has 0 aromatic carbocycles. The van der Waals surface area contributed by atoms with E-state index in [1.807, 2.05) is 0 Å². The quantitative estimate of drug-likeness (QED) is 0.636. The fourth-order valence-electron chi connectivity index (χ4n) is 2.84. The van der Waals surface area contributed by atoms with Gasteiger partial charge in [0, 0.05) is 0 Å². The van der Waals surface area contributed by atoms with E-state index in [4.69, 9.17) is 0 Å². The zero-order chi connectivity index (χ0) is 12.2. The van der Waals surface area contributed by atoms with Crippen molar-refractivity contribution >= 4 is 0 Å². The maximum absolute atomic E-state index is 2.49. The van der Waals surface area contributed by atoms with Crippen LogP contribution in [-0.4, -0.2) is 30.7 Å². The Morgan fingerprint density at radius 3 is 2.44 bits per heavy atom. The monoisotopic (exact) mass is 226 g/mol. The maximum atomic E-state index is 2.49. The standard InChI is InChI=1S/C15H32N/c1-13(2)9-11-16(5)12-10-14(3)7-6-8-15(16)4/h13-15H,6-12H2,1-5H3/q+1. The molecule has 3 atom stereocenters. The van der Waals surface area contributed by atoms with Crippen molar-refractivity contribution in [2.24, 2.45) is 11.8 Å². The van der Waals surface area contributed by atoms with Gasteiger partial charge in [0.1, 0.15) is 0 Å². The summed E-state index contributed by atoms with van der Waals surface area (Å²) in [6, 6.07) is 0.867. The second-order valence-electron chi connectivity index (χ2n) is 6.78. The first-order valence-electron chi connectivity index (χ1n) is 7.28. The fraction of sp³-hybridized carbons (Fsp3) is 1.00. The third-order valence-electron chi connectivity index (χ3n) is 4.73. The van der Waals surface area contributed by atoms with Gasteiger partial charge in [0.25, 0.3) is 0 Å². The molecule has 0 bridgehead atoms. The van der Waals surface area contributed by atoms with Crippen LogP contribution in [0.15, 0.2) is 0 Å². The Morgan fingerprint density at radius 2 is 1.81 bits per heavy atom. The maximum Gasteiger partial charge on any atom is 0.0859 e. The molecule has 0 aliphatic carbocycles. The molecule has 1 fully saturated rings. The van der Waals surface area contributed by atoms with Crippen molar-refractivity contribution < 1.29 is 4.48 Å². The van der Waals surface area contributed by atoms with Crippen LogP contribution in [0.3, 0.4) is 0 Å². The summed E-state index contributed by atoms with van der Waals surface area (Å²) in [7, 11) is 2.49. The van der Waals surface area contributed by atoms with Crippen LogP contribution in [-0.2, 0) is 0 Å². The van der Waals surface area contributed by atoms with Crippen LogP contribution in [0.4, 0.5) is 0 Å². The van der Waals surface area contributed by atoms with E-state index < -0.39 is 0 Å². The van der Waals surface area contributed by atoms with Crippen molar-refractivity contribution in [1.29, 1.82) is 0 Å². The molecule has 16 heavy (non-hydrogen) atoms. The normalized spacial score (nSPS) is 37.1. The van der Waals surface area contributed by atoms with Gasteiger partial charge >= 0.3 is 0 Å². The molecule has 0 aromatic heterocycles. The summed E-state index contributed by atoms with van der Waals surface area (Å²) < 4.78 is 1.32. The molecule has 0 N–H and O–H groups in total. The topological polar surface area (TPSA) is 0 Å². The van der Waals surface area contributed by atoms with Crippen LogP contribution < -0.4 is 0 Å². The van der Waals surface area contributed by atoms with Crippen LogP contribution in [0.2, 0.25) is 0 Å². The van der Waals surface area contributed by atoms with Crippen LogP contribution in [0.1, 0.15) is 59.8 Å². The summed E-state index contributed by atoms with van der Waals surface area (Å²) in [5.74, 6) is 1.80. The molecule has 1 aliphatic rings. The molecular weight excluding hydrogens is 194 g/mol. The lowest BCUT2D eigenvalue weighted by Gasteiger charge is -2.43. The molecule has 0 spiro atoms. The van der Waals surface area contributed by atoms with Gasteiger partial charge in [-0.25, -0.2) is 0 Å². The number of rotatable bonds is 3. The van der Waals surface area contributed by atoms with E-state index in [2.05, 4.69) is 34.7 Å². The summed E-state index contributed by atoms with van der Waals surface area (Å²) in [5, 5.41) is 0. The lowest BCUT2D eigenvalue weighted by Crippen LogP contribution is -2.53. The van der Waals surface area contributed by atoms with E-state index in [9.17, 15) is 0 Å². The van der Waals surface area contributed by atoms with Crippen molar-refractivity contribution in [3.05, 3.63) is 0 Å². The zero-order valence-corrected chi connectivity index (χ0v) is 12.1. The molecule has 1 nitrogen and oxygen atoms in total. The largest absolute Gasteiger partial charge is 0.324 e. The minimum atomic E-state index is 0.852. The van der Waals surface area contributed by atoms with Gasteiger partial charge < -0.3 is 4.48 Å². The van der Waals surface area contributed by atoms with Gasteiger partial charge in [0.05, 0.1) is 26.2 Å². The molecular formula is C15H32N+. The lowest BCUT2D eigenvalue weighted by molar-refractivity contribution is -0.933. The second-order valence-corrected chi connectivity index (χ2v) is 6.78. The second kappa shape index (κ2) is 6.05. The van der Waals surface area contributed by atoms with E-state index in [1.54, 1.807) is 0 Å². The van der Waals surface area contributed by atoms with Crippen LogP contribution in [0.5, 0.6) is 0 Å². The van der Waals surface area contributed by atoms with Crippen molar-refractivity contribution in [3.63, 3.8) is 0 Å². The minimum Gasteiger partial charge on any atom is -0.324 e. The smallest absolute Gasteiger partial charge is 0.0859 e. The molecule has 1 heteroatoms. The third-order valence-corrected chi connectivity index (χ3v) is 4.73. The van der Waals surface area contributed by atoms with Gasteiger partial charge in [-0.1, -0.05) is 27.2 Å². The number of hydrogen-bond donors (Lipinski definition) is 0. The van der Waals surface area contributed by atoms with Crippen LogP contribution in [0, 0.1) is 11.8 Å². The Bertz CT molecular complexity index is 196. The molecule has 1 saturated heterocycles. The molecule has 3 unspecified atom stereocenters. The predicted octanol–water partition coefficient (Wildman–Crippen LogP) is 4.08. The Balaban J connectivity index is 2.56. The van der Waals surface area contributed by atoms with Crippen LogP contribution >= 0.6 is 0 Å². The highest BCUT2D eigenvalue weighted by Gasteiger charge is 2.30. The molecule has 96 valence electrons.